The molecule has 0 bridgehead atoms. The number of hydrogen-bond acceptors (Lipinski definition) is 4. The summed E-state index contributed by atoms with van der Waals surface area (Å²) >= 11 is 0. The van der Waals surface area contributed by atoms with E-state index in [1.807, 2.05) is 24.3 Å². The lowest BCUT2D eigenvalue weighted by Gasteiger charge is -2.13. The van der Waals surface area contributed by atoms with Gasteiger partial charge in [-0.25, -0.2) is 9.97 Å². The van der Waals surface area contributed by atoms with Gasteiger partial charge in [-0.15, -0.1) is 0 Å². The van der Waals surface area contributed by atoms with E-state index in [2.05, 4.69) is 37.7 Å². The van der Waals surface area contributed by atoms with Crippen LogP contribution in [0.1, 0.15) is 105 Å². The second-order valence-electron chi connectivity index (χ2n) is 10.2. The topological polar surface area (TPSA) is 44.2 Å². The molecule has 0 aliphatic carbocycles. The third kappa shape index (κ3) is 12.4. The van der Waals surface area contributed by atoms with Crippen molar-refractivity contribution in [2.45, 2.75) is 105 Å². The van der Waals surface area contributed by atoms with E-state index in [-0.39, 0.29) is 0 Å². The fraction of sp³-hybridized carbons (Fsp3) is 0.667. The van der Waals surface area contributed by atoms with E-state index < -0.39 is 0 Å². The van der Waals surface area contributed by atoms with Crippen molar-refractivity contribution >= 4 is 0 Å². The molecular weight excluding hydrogens is 420 g/mol. The SMILES string of the molecule is CCCCCCCCCCOc1ccc(-c2ncc(OCCC(C)CCCC(C)C)cn2)cc1. The highest BCUT2D eigenvalue weighted by Crippen LogP contribution is 2.21. The van der Waals surface area contributed by atoms with Gasteiger partial charge in [0.05, 0.1) is 25.6 Å². The first-order valence-electron chi connectivity index (χ1n) is 13.8. The van der Waals surface area contributed by atoms with Crippen LogP contribution in [0.3, 0.4) is 0 Å². The largest absolute Gasteiger partial charge is 0.494 e. The van der Waals surface area contributed by atoms with Gasteiger partial charge in [-0.2, -0.15) is 0 Å². The minimum absolute atomic E-state index is 0.690. The van der Waals surface area contributed by atoms with E-state index in [0.29, 0.717) is 11.7 Å². The molecule has 4 nitrogen and oxygen atoms in total. The Bertz CT molecular complexity index is 743. The Morgan fingerprint density at radius 3 is 1.91 bits per heavy atom. The van der Waals surface area contributed by atoms with Crippen molar-refractivity contribution in [1.29, 1.82) is 0 Å². The van der Waals surface area contributed by atoms with Crippen LogP contribution in [0.2, 0.25) is 0 Å². The standard InChI is InChI=1S/C30H48N2O2/c1-5-6-7-8-9-10-11-12-21-33-28-18-16-27(17-19-28)30-31-23-29(24-32-30)34-22-20-26(4)15-13-14-25(2)3/h16-19,23-26H,5-15,20-22H2,1-4H3. The Morgan fingerprint density at radius 1 is 0.647 bits per heavy atom. The van der Waals surface area contributed by atoms with Crippen LogP contribution in [0.15, 0.2) is 36.7 Å². The monoisotopic (exact) mass is 468 g/mol. The lowest BCUT2D eigenvalue weighted by Crippen LogP contribution is -2.05. The molecule has 34 heavy (non-hydrogen) atoms. The summed E-state index contributed by atoms with van der Waals surface area (Å²) in [5.41, 5.74) is 0.991. The zero-order valence-electron chi connectivity index (χ0n) is 22.2. The van der Waals surface area contributed by atoms with E-state index >= 15 is 0 Å². The van der Waals surface area contributed by atoms with Gasteiger partial charge in [-0.05, 0) is 48.9 Å². The van der Waals surface area contributed by atoms with Gasteiger partial charge in [0.2, 0.25) is 0 Å². The highest BCUT2D eigenvalue weighted by molar-refractivity contribution is 5.56. The lowest BCUT2D eigenvalue weighted by atomic mass is 9.98. The molecule has 190 valence electrons. The molecule has 0 amide bonds. The first-order chi connectivity index (χ1) is 16.6. The maximum Gasteiger partial charge on any atom is 0.159 e. The van der Waals surface area contributed by atoms with Crippen LogP contribution in [0.4, 0.5) is 0 Å². The van der Waals surface area contributed by atoms with Crippen LogP contribution in [-0.2, 0) is 0 Å². The van der Waals surface area contributed by atoms with E-state index in [4.69, 9.17) is 9.47 Å². The molecule has 0 N–H and O–H groups in total. The van der Waals surface area contributed by atoms with Crippen molar-refractivity contribution in [2.24, 2.45) is 11.8 Å². The summed E-state index contributed by atoms with van der Waals surface area (Å²) < 4.78 is 11.8. The normalized spacial score (nSPS) is 12.1. The minimum Gasteiger partial charge on any atom is -0.494 e. The van der Waals surface area contributed by atoms with E-state index in [1.54, 1.807) is 12.4 Å². The van der Waals surface area contributed by atoms with Crippen LogP contribution in [-0.4, -0.2) is 23.2 Å². The third-order valence-corrected chi connectivity index (χ3v) is 6.37. The van der Waals surface area contributed by atoms with Crippen LogP contribution < -0.4 is 9.47 Å². The van der Waals surface area contributed by atoms with E-state index in [0.717, 1.165) is 49.0 Å². The molecule has 0 aliphatic rings. The van der Waals surface area contributed by atoms with Crippen LogP contribution in [0, 0.1) is 11.8 Å². The highest BCUT2D eigenvalue weighted by Gasteiger charge is 2.06. The summed E-state index contributed by atoms with van der Waals surface area (Å²) in [4.78, 5) is 8.98. The van der Waals surface area contributed by atoms with Gasteiger partial charge in [0.25, 0.3) is 0 Å². The number of ether oxygens (including phenoxy) is 2. The van der Waals surface area contributed by atoms with Gasteiger partial charge >= 0.3 is 0 Å². The Morgan fingerprint density at radius 2 is 1.26 bits per heavy atom. The van der Waals surface area contributed by atoms with Gasteiger partial charge in [0, 0.05) is 5.56 Å². The third-order valence-electron chi connectivity index (χ3n) is 6.37. The van der Waals surface area contributed by atoms with Crippen molar-refractivity contribution in [3.05, 3.63) is 36.7 Å². The van der Waals surface area contributed by atoms with Gasteiger partial charge < -0.3 is 9.47 Å². The molecule has 0 saturated carbocycles. The first-order valence-corrected chi connectivity index (χ1v) is 13.8. The number of rotatable bonds is 19. The lowest BCUT2D eigenvalue weighted by molar-refractivity contribution is 0.274. The molecule has 1 aromatic carbocycles. The Hall–Kier alpha value is -2.10. The summed E-state index contributed by atoms with van der Waals surface area (Å²) in [7, 11) is 0. The molecule has 1 aromatic heterocycles. The fourth-order valence-corrected chi connectivity index (χ4v) is 4.06. The maximum atomic E-state index is 5.90. The quantitative estimate of drug-likeness (QED) is 0.193. The van der Waals surface area contributed by atoms with Crippen molar-refractivity contribution in [3.63, 3.8) is 0 Å². The van der Waals surface area contributed by atoms with E-state index in [1.165, 1.54) is 64.2 Å². The molecule has 1 heterocycles. The summed E-state index contributed by atoms with van der Waals surface area (Å²) in [5.74, 6) is 3.85. The summed E-state index contributed by atoms with van der Waals surface area (Å²) in [6, 6.07) is 8.07. The molecule has 0 spiro atoms. The molecule has 0 fully saturated rings. The summed E-state index contributed by atoms with van der Waals surface area (Å²) in [6.45, 7) is 10.7. The number of nitrogens with zero attached hydrogens (tertiary/aromatic N) is 2. The average molecular weight is 469 g/mol. The van der Waals surface area contributed by atoms with Crippen molar-refractivity contribution in [1.82, 2.24) is 9.97 Å². The molecule has 1 unspecified atom stereocenters. The molecule has 0 saturated heterocycles. The average Bonchev–Trinajstić information content (AvgIpc) is 2.84. The number of aromatic nitrogens is 2. The zero-order chi connectivity index (χ0) is 24.4. The van der Waals surface area contributed by atoms with Gasteiger partial charge in [0.1, 0.15) is 5.75 Å². The predicted octanol–water partition coefficient (Wildman–Crippen LogP) is 8.89. The molecule has 2 rings (SSSR count). The van der Waals surface area contributed by atoms with E-state index in [9.17, 15) is 0 Å². The summed E-state index contributed by atoms with van der Waals surface area (Å²) in [5, 5.41) is 0. The van der Waals surface area contributed by atoms with Gasteiger partial charge in [-0.3, -0.25) is 0 Å². The second kappa shape index (κ2) is 17.4. The van der Waals surface area contributed by atoms with Crippen molar-refractivity contribution in [2.75, 3.05) is 13.2 Å². The number of hydrogen-bond donors (Lipinski definition) is 0. The summed E-state index contributed by atoms with van der Waals surface area (Å²) in [6.07, 6.45) is 19.0. The number of benzene rings is 1. The predicted molar refractivity (Wildman–Crippen MR) is 144 cm³/mol. The van der Waals surface area contributed by atoms with Crippen molar-refractivity contribution < 1.29 is 9.47 Å². The molecule has 4 heteroatoms. The van der Waals surface area contributed by atoms with Crippen LogP contribution in [0.25, 0.3) is 11.4 Å². The molecule has 0 aliphatic heterocycles. The minimum atomic E-state index is 0.690. The smallest absolute Gasteiger partial charge is 0.159 e. The maximum absolute atomic E-state index is 5.90. The van der Waals surface area contributed by atoms with Gasteiger partial charge in [0.15, 0.2) is 11.6 Å². The molecule has 0 radical (unpaired) electrons. The second-order valence-corrected chi connectivity index (χ2v) is 10.2. The molecule has 2 aromatic rings. The fourth-order valence-electron chi connectivity index (χ4n) is 4.06. The molecular formula is C30H48N2O2. The molecule has 1 atom stereocenters. The van der Waals surface area contributed by atoms with Crippen molar-refractivity contribution in [3.8, 4) is 22.9 Å². The van der Waals surface area contributed by atoms with Crippen LogP contribution >= 0.6 is 0 Å². The first kappa shape index (κ1) is 28.1. The Kier molecular flexibility index (Phi) is 14.4. The highest BCUT2D eigenvalue weighted by atomic mass is 16.5. The Labute approximate surface area is 208 Å². The van der Waals surface area contributed by atoms with Gasteiger partial charge in [-0.1, -0.05) is 91.9 Å². The zero-order valence-corrected chi connectivity index (χ0v) is 22.2. The Balaban J connectivity index is 1.63. The number of unbranched alkanes of at least 4 members (excludes halogenated alkanes) is 7. The van der Waals surface area contributed by atoms with Crippen LogP contribution in [0.5, 0.6) is 11.5 Å².